The number of hydrazine groups is 1. The van der Waals surface area contributed by atoms with Gasteiger partial charge in [-0.3, -0.25) is 9.69 Å². The number of aromatic carboxylic acids is 1. The van der Waals surface area contributed by atoms with Gasteiger partial charge in [0.05, 0.1) is 24.5 Å². The molecular weight excluding hydrogens is 345 g/mol. The van der Waals surface area contributed by atoms with E-state index in [2.05, 4.69) is 26.4 Å². The molecule has 5 N–H and O–H groups in total. The second-order valence-electron chi connectivity index (χ2n) is 6.23. The minimum Gasteiger partial charge on any atom is -0.494 e. The summed E-state index contributed by atoms with van der Waals surface area (Å²) in [5, 5.41) is 15.0. The molecule has 0 bridgehead atoms. The van der Waals surface area contributed by atoms with E-state index in [9.17, 15) is 19.1 Å². The molecule has 1 amide bonds. The van der Waals surface area contributed by atoms with Crippen molar-refractivity contribution in [3.05, 3.63) is 23.5 Å². The fraction of sp³-hybridized carbons (Fsp3) is 0.500. The lowest BCUT2D eigenvalue weighted by atomic mass is 10.1. The molecule has 2 atom stereocenters. The number of benzene rings is 1. The van der Waals surface area contributed by atoms with Crippen molar-refractivity contribution < 1.29 is 23.8 Å². The predicted octanol–water partition coefficient (Wildman–Crippen LogP) is -0.0836. The second-order valence-corrected chi connectivity index (χ2v) is 6.23. The summed E-state index contributed by atoms with van der Waals surface area (Å²) in [5.41, 5.74) is 5.73. The smallest absolute Gasteiger partial charge is 0.337 e. The molecule has 2 unspecified atom stereocenters. The molecule has 142 valence electrons. The van der Waals surface area contributed by atoms with Crippen LogP contribution in [-0.2, 0) is 4.79 Å². The topological polar surface area (TPSA) is 115 Å². The zero-order valence-electron chi connectivity index (χ0n) is 14.3. The van der Waals surface area contributed by atoms with Gasteiger partial charge >= 0.3 is 5.97 Å². The standard InChI is InChI=1S/C16H22FN5O4/c1-26-13-6-9(16(24)25)12(7-10(13)17)19-15(23)11-2-3-14(21-20-11)22-5-4-18-8-22/h6-7,11,14,18,20-21H,2-5,8H2,1H3,(H,19,23)(H,24,25). The zero-order valence-corrected chi connectivity index (χ0v) is 14.3. The highest BCUT2D eigenvalue weighted by Crippen LogP contribution is 2.26. The number of hydrogen-bond donors (Lipinski definition) is 5. The van der Waals surface area contributed by atoms with Gasteiger partial charge < -0.3 is 20.5 Å². The Labute approximate surface area is 149 Å². The van der Waals surface area contributed by atoms with E-state index in [4.69, 9.17) is 4.74 Å². The summed E-state index contributed by atoms with van der Waals surface area (Å²) in [6, 6.07) is 1.46. The lowest BCUT2D eigenvalue weighted by molar-refractivity contribution is -0.119. The van der Waals surface area contributed by atoms with Gasteiger partial charge in [-0.25, -0.2) is 20.0 Å². The summed E-state index contributed by atoms with van der Waals surface area (Å²) in [6.45, 7) is 2.66. The monoisotopic (exact) mass is 367 g/mol. The summed E-state index contributed by atoms with van der Waals surface area (Å²) in [5.74, 6) is -2.65. The Kier molecular flexibility index (Phi) is 5.67. The second kappa shape index (κ2) is 7.96. The zero-order chi connectivity index (χ0) is 18.7. The van der Waals surface area contributed by atoms with E-state index in [1.165, 1.54) is 7.11 Å². The number of nitrogens with one attached hydrogen (secondary N) is 4. The highest BCUT2D eigenvalue weighted by atomic mass is 19.1. The third kappa shape index (κ3) is 3.93. The van der Waals surface area contributed by atoms with Crippen LogP contribution in [0.4, 0.5) is 10.1 Å². The van der Waals surface area contributed by atoms with Gasteiger partial charge in [-0.15, -0.1) is 0 Å². The number of ether oxygens (including phenoxy) is 1. The van der Waals surface area contributed by atoms with Gasteiger partial charge in [0, 0.05) is 25.8 Å². The third-order valence-corrected chi connectivity index (χ3v) is 4.58. The number of rotatable bonds is 5. The molecule has 10 heteroatoms. The van der Waals surface area contributed by atoms with Crippen LogP contribution in [0.15, 0.2) is 12.1 Å². The average Bonchev–Trinajstić information content (AvgIpc) is 3.16. The fourth-order valence-corrected chi connectivity index (χ4v) is 3.14. The Balaban J connectivity index is 1.65. The van der Waals surface area contributed by atoms with Gasteiger partial charge in [-0.2, -0.15) is 0 Å². The maximum atomic E-state index is 13.9. The van der Waals surface area contributed by atoms with Crippen molar-refractivity contribution in [2.75, 3.05) is 32.2 Å². The number of methoxy groups -OCH3 is 1. The molecule has 1 aromatic rings. The van der Waals surface area contributed by atoms with Gasteiger partial charge in [0.15, 0.2) is 11.6 Å². The molecule has 3 rings (SSSR count). The van der Waals surface area contributed by atoms with Gasteiger partial charge in [0.25, 0.3) is 0 Å². The Morgan fingerprint density at radius 3 is 2.73 bits per heavy atom. The lowest BCUT2D eigenvalue weighted by Crippen LogP contribution is -2.60. The number of halogens is 1. The van der Waals surface area contributed by atoms with Crippen LogP contribution < -0.4 is 26.2 Å². The van der Waals surface area contributed by atoms with Crippen molar-refractivity contribution in [3.63, 3.8) is 0 Å². The predicted molar refractivity (Wildman–Crippen MR) is 91.2 cm³/mol. The van der Waals surface area contributed by atoms with Gasteiger partial charge in [0.2, 0.25) is 5.91 Å². The fourth-order valence-electron chi connectivity index (χ4n) is 3.14. The average molecular weight is 367 g/mol. The number of carboxylic acids is 1. The number of hydrogen-bond acceptors (Lipinski definition) is 7. The van der Waals surface area contributed by atoms with Crippen molar-refractivity contribution in [2.24, 2.45) is 0 Å². The van der Waals surface area contributed by atoms with E-state index >= 15 is 0 Å². The quantitative estimate of drug-likeness (QED) is 0.491. The Bertz CT molecular complexity index is 687. The molecule has 2 heterocycles. The molecule has 2 aliphatic heterocycles. The molecule has 2 saturated heterocycles. The normalized spacial score (nSPS) is 23.6. The SMILES string of the molecule is COc1cc(C(=O)O)c(NC(=O)C2CCC(N3CCNC3)NN2)cc1F. The Morgan fingerprint density at radius 1 is 1.35 bits per heavy atom. The molecule has 1 aromatic carbocycles. The van der Waals surface area contributed by atoms with E-state index in [1.807, 2.05) is 0 Å². The molecular formula is C16H22FN5O4. The van der Waals surface area contributed by atoms with E-state index in [-0.39, 0.29) is 23.2 Å². The van der Waals surface area contributed by atoms with Gasteiger partial charge in [-0.1, -0.05) is 0 Å². The molecule has 0 aliphatic carbocycles. The highest BCUT2D eigenvalue weighted by molar-refractivity contribution is 6.02. The molecule has 0 radical (unpaired) electrons. The number of nitrogens with zero attached hydrogens (tertiary/aromatic N) is 1. The number of amides is 1. The first kappa shape index (κ1) is 18.5. The van der Waals surface area contributed by atoms with Crippen molar-refractivity contribution in [3.8, 4) is 5.75 Å². The molecule has 0 aromatic heterocycles. The van der Waals surface area contributed by atoms with E-state index < -0.39 is 23.7 Å². The van der Waals surface area contributed by atoms with Gasteiger partial charge in [0.1, 0.15) is 6.04 Å². The van der Waals surface area contributed by atoms with Crippen LogP contribution in [0.25, 0.3) is 0 Å². The summed E-state index contributed by atoms with van der Waals surface area (Å²) in [6.07, 6.45) is 1.46. The van der Waals surface area contributed by atoms with Crippen molar-refractivity contribution in [2.45, 2.75) is 25.0 Å². The minimum atomic E-state index is -1.28. The van der Waals surface area contributed by atoms with Crippen LogP contribution in [0.3, 0.4) is 0 Å². The Morgan fingerprint density at radius 2 is 2.15 bits per heavy atom. The largest absolute Gasteiger partial charge is 0.494 e. The lowest BCUT2D eigenvalue weighted by Gasteiger charge is -2.35. The number of carbonyl (C=O) groups excluding carboxylic acids is 1. The number of carboxylic acid groups (broad SMARTS) is 1. The van der Waals surface area contributed by atoms with Crippen molar-refractivity contribution in [1.29, 1.82) is 0 Å². The molecule has 0 spiro atoms. The summed E-state index contributed by atoms with van der Waals surface area (Å²) in [4.78, 5) is 26.1. The van der Waals surface area contributed by atoms with Crippen LogP contribution in [0.5, 0.6) is 5.75 Å². The maximum absolute atomic E-state index is 13.9. The summed E-state index contributed by atoms with van der Waals surface area (Å²) in [7, 11) is 1.24. The summed E-state index contributed by atoms with van der Waals surface area (Å²) < 4.78 is 18.7. The van der Waals surface area contributed by atoms with Crippen LogP contribution in [0.1, 0.15) is 23.2 Å². The van der Waals surface area contributed by atoms with Crippen molar-refractivity contribution >= 4 is 17.6 Å². The van der Waals surface area contributed by atoms with Crippen molar-refractivity contribution in [1.82, 2.24) is 21.1 Å². The molecule has 26 heavy (non-hydrogen) atoms. The molecule has 2 aliphatic rings. The molecule has 9 nitrogen and oxygen atoms in total. The Hall–Kier alpha value is -2.27. The minimum absolute atomic E-state index is 0.103. The first-order chi connectivity index (χ1) is 12.5. The molecule has 0 saturated carbocycles. The third-order valence-electron chi connectivity index (χ3n) is 4.58. The van der Waals surface area contributed by atoms with E-state index in [0.717, 1.165) is 38.3 Å². The highest BCUT2D eigenvalue weighted by Gasteiger charge is 2.30. The first-order valence-corrected chi connectivity index (χ1v) is 8.37. The first-order valence-electron chi connectivity index (χ1n) is 8.37. The van der Waals surface area contributed by atoms with Crippen LogP contribution >= 0.6 is 0 Å². The van der Waals surface area contributed by atoms with Gasteiger partial charge in [-0.05, 0) is 18.9 Å². The van der Waals surface area contributed by atoms with E-state index in [0.29, 0.717) is 6.42 Å². The van der Waals surface area contributed by atoms with Crippen LogP contribution in [0.2, 0.25) is 0 Å². The molecule has 2 fully saturated rings. The summed E-state index contributed by atoms with van der Waals surface area (Å²) >= 11 is 0. The van der Waals surface area contributed by atoms with E-state index in [1.54, 1.807) is 0 Å². The van der Waals surface area contributed by atoms with Crippen LogP contribution in [0, 0.1) is 5.82 Å². The number of anilines is 1. The maximum Gasteiger partial charge on any atom is 0.337 e. The number of carbonyl (C=O) groups is 2. The van der Waals surface area contributed by atoms with Crippen LogP contribution in [-0.4, -0.2) is 61.0 Å².